The number of rotatable bonds is 7. The van der Waals surface area contributed by atoms with E-state index in [1.807, 2.05) is 17.1 Å². The largest absolute Gasteiger partial charge is 0.308 e. The van der Waals surface area contributed by atoms with Crippen molar-refractivity contribution in [1.82, 2.24) is 25.1 Å². The van der Waals surface area contributed by atoms with Gasteiger partial charge in [0, 0.05) is 31.3 Å². The smallest absolute Gasteiger partial charge is 0.0759 e. The lowest BCUT2D eigenvalue weighted by Gasteiger charge is -2.16. The van der Waals surface area contributed by atoms with Crippen LogP contribution in [0.5, 0.6) is 0 Å². The Balaban J connectivity index is 2.09. The predicted molar refractivity (Wildman–Crippen MR) is 74.7 cm³/mol. The SMILES string of the molecule is CCCNC(Cc1cnn(CC)c1)c1cnccn1. The normalized spacial score (nSPS) is 12.5. The highest BCUT2D eigenvalue weighted by molar-refractivity contribution is 5.12. The minimum Gasteiger partial charge on any atom is -0.308 e. The zero-order chi connectivity index (χ0) is 13.5. The molecule has 5 nitrogen and oxygen atoms in total. The van der Waals surface area contributed by atoms with Gasteiger partial charge < -0.3 is 5.32 Å². The second-order valence-corrected chi connectivity index (χ2v) is 4.55. The molecule has 2 rings (SSSR count). The standard InChI is InChI=1S/C14H21N5/c1-3-5-16-13(14-10-15-6-7-17-14)8-12-9-18-19(4-2)11-12/h6-7,9-11,13,16H,3-5,8H2,1-2H3. The van der Waals surface area contributed by atoms with E-state index in [2.05, 4.69) is 40.4 Å². The van der Waals surface area contributed by atoms with Crippen LogP contribution < -0.4 is 5.32 Å². The van der Waals surface area contributed by atoms with Gasteiger partial charge in [-0.3, -0.25) is 14.6 Å². The highest BCUT2D eigenvalue weighted by atomic mass is 15.3. The molecule has 0 aliphatic rings. The maximum Gasteiger partial charge on any atom is 0.0759 e. The first-order valence-corrected chi connectivity index (χ1v) is 6.84. The fourth-order valence-corrected chi connectivity index (χ4v) is 2.01. The molecule has 1 atom stereocenters. The number of aromatic nitrogens is 4. The van der Waals surface area contributed by atoms with Crippen molar-refractivity contribution in [1.29, 1.82) is 0 Å². The molecule has 2 aromatic rings. The second-order valence-electron chi connectivity index (χ2n) is 4.55. The average Bonchev–Trinajstić information content (AvgIpc) is 2.92. The molecule has 2 aromatic heterocycles. The lowest BCUT2D eigenvalue weighted by atomic mass is 10.1. The summed E-state index contributed by atoms with van der Waals surface area (Å²) in [6.45, 7) is 6.13. The van der Waals surface area contributed by atoms with Crippen LogP contribution in [0.1, 0.15) is 37.6 Å². The van der Waals surface area contributed by atoms with Crippen molar-refractivity contribution in [3.63, 3.8) is 0 Å². The van der Waals surface area contributed by atoms with Crippen LogP contribution in [0, 0.1) is 0 Å². The Hall–Kier alpha value is -1.75. The summed E-state index contributed by atoms with van der Waals surface area (Å²) in [6.07, 6.45) is 11.3. The van der Waals surface area contributed by atoms with Crippen molar-refractivity contribution in [2.45, 2.75) is 39.3 Å². The van der Waals surface area contributed by atoms with Gasteiger partial charge in [-0.1, -0.05) is 6.92 Å². The van der Waals surface area contributed by atoms with E-state index < -0.39 is 0 Å². The van der Waals surface area contributed by atoms with Crippen LogP contribution in [0.3, 0.4) is 0 Å². The number of nitrogens with one attached hydrogen (secondary N) is 1. The molecule has 19 heavy (non-hydrogen) atoms. The van der Waals surface area contributed by atoms with Gasteiger partial charge in [0.2, 0.25) is 0 Å². The molecule has 2 heterocycles. The minimum absolute atomic E-state index is 0.197. The molecule has 5 heteroatoms. The molecule has 0 aliphatic heterocycles. The quantitative estimate of drug-likeness (QED) is 0.826. The molecule has 0 spiro atoms. The Kier molecular flexibility index (Phi) is 5.03. The molecule has 1 unspecified atom stereocenters. The summed E-state index contributed by atoms with van der Waals surface area (Å²) < 4.78 is 1.95. The Morgan fingerprint density at radius 2 is 2.16 bits per heavy atom. The predicted octanol–water partition coefficient (Wildman–Crippen LogP) is 1.98. The highest BCUT2D eigenvalue weighted by Gasteiger charge is 2.14. The number of aryl methyl sites for hydroxylation is 1. The van der Waals surface area contributed by atoms with Crippen LogP contribution in [0.25, 0.3) is 0 Å². The van der Waals surface area contributed by atoms with E-state index in [-0.39, 0.29) is 6.04 Å². The number of nitrogens with zero attached hydrogens (tertiary/aromatic N) is 4. The van der Waals surface area contributed by atoms with E-state index in [0.717, 1.165) is 31.6 Å². The lowest BCUT2D eigenvalue weighted by molar-refractivity contribution is 0.515. The topological polar surface area (TPSA) is 55.6 Å². The van der Waals surface area contributed by atoms with Gasteiger partial charge in [-0.25, -0.2) is 0 Å². The van der Waals surface area contributed by atoms with Crippen molar-refractivity contribution in [2.24, 2.45) is 0 Å². The van der Waals surface area contributed by atoms with Gasteiger partial charge in [-0.05, 0) is 31.9 Å². The van der Waals surface area contributed by atoms with Crippen molar-refractivity contribution < 1.29 is 0 Å². The molecular weight excluding hydrogens is 238 g/mol. The van der Waals surface area contributed by atoms with Crippen LogP contribution in [0.4, 0.5) is 0 Å². The summed E-state index contributed by atoms with van der Waals surface area (Å²) in [4.78, 5) is 8.56. The first-order valence-electron chi connectivity index (χ1n) is 6.84. The van der Waals surface area contributed by atoms with Crippen LogP contribution in [0.2, 0.25) is 0 Å². The maximum absolute atomic E-state index is 4.40. The summed E-state index contributed by atoms with van der Waals surface area (Å²) in [5.41, 5.74) is 2.21. The first-order chi connectivity index (χ1) is 9.33. The highest BCUT2D eigenvalue weighted by Crippen LogP contribution is 2.15. The van der Waals surface area contributed by atoms with Gasteiger partial charge in [-0.2, -0.15) is 5.10 Å². The molecule has 0 bridgehead atoms. The zero-order valence-electron chi connectivity index (χ0n) is 11.6. The van der Waals surface area contributed by atoms with Crippen LogP contribution in [-0.4, -0.2) is 26.3 Å². The third kappa shape index (κ3) is 3.86. The van der Waals surface area contributed by atoms with Crippen molar-refractivity contribution in [2.75, 3.05) is 6.54 Å². The Morgan fingerprint density at radius 3 is 2.79 bits per heavy atom. The molecular formula is C14H21N5. The first kappa shape index (κ1) is 13.7. The fraction of sp³-hybridized carbons (Fsp3) is 0.500. The van der Waals surface area contributed by atoms with Gasteiger partial charge in [0.1, 0.15) is 0 Å². The zero-order valence-corrected chi connectivity index (χ0v) is 11.6. The van der Waals surface area contributed by atoms with Crippen molar-refractivity contribution in [3.8, 4) is 0 Å². The Morgan fingerprint density at radius 1 is 1.26 bits per heavy atom. The molecule has 0 amide bonds. The fourth-order valence-electron chi connectivity index (χ4n) is 2.01. The van der Waals surface area contributed by atoms with Crippen LogP contribution in [-0.2, 0) is 13.0 Å². The van der Waals surface area contributed by atoms with E-state index >= 15 is 0 Å². The van der Waals surface area contributed by atoms with Gasteiger partial charge in [0.25, 0.3) is 0 Å². The number of hydrogen-bond donors (Lipinski definition) is 1. The van der Waals surface area contributed by atoms with Gasteiger partial charge in [-0.15, -0.1) is 0 Å². The average molecular weight is 259 g/mol. The summed E-state index contributed by atoms with van der Waals surface area (Å²) >= 11 is 0. The third-order valence-electron chi connectivity index (χ3n) is 3.03. The van der Waals surface area contributed by atoms with E-state index in [1.54, 1.807) is 12.4 Å². The molecule has 0 saturated carbocycles. The van der Waals surface area contributed by atoms with Gasteiger partial charge >= 0.3 is 0 Å². The molecule has 102 valence electrons. The lowest BCUT2D eigenvalue weighted by Crippen LogP contribution is -2.25. The summed E-state index contributed by atoms with van der Waals surface area (Å²) in [6, 6.07) is 0.197. The molecule has 0 fully saturated rings. The third-order valence-corrected chi connectivity index (χ3v) is 3.03. The van der Waals surface area contributed by atoms with Crippen molar-refractivity contribution >= 4 is 0 Å². The maximum atomic E-state index is 4.40. The molecule has 0 radical (unpaired) electrons. The van der Waals surface area contributed by atoms with E-state index in [9.17, 15) is 0 Å². The van der Waals surface area contributed by atoms with Gasteiger partial charge in [0.15, 0.2) is 0 Å². The number of hydrogen-bond acceptors (Lipinski definition) is 4. The molecule has 0 aliphatic carbocycles. The minimum atomic E-state index is 0.197. The van der Waals surface area contributed by atoms with Crippen LogP contribution in [0.15, 0.2) is 31.0 Å². The van der Waals surface area contributed by atoms with E-state index in [0.29, 0.717) is 0 Å². The Labute approximate surface area is 114 Å². The van der Waals surface area contributed by atoms with Gasteiger partial charge in [0.05, 0.1) is 17.9 Å². The van der Waals surface area contributed by atoms with Crippen molar-refractivity contribution in [3.05, 3.63) is 42.2 Å². The summed E-state index contributed by atoms with van der Waals surface area (Å²) in [7, 11) is 0. The summed E-state index contributed by atoms with van der Waals surface area (Å²) in [5.74, 6) is 0. The summed E-state index contributed by atoms with van der Waals surface area (Å²) in [5, 5.41) is 7.84. The monoisotopic (exact) mass is 259 g/mol. The Bertz CT molecular complexity index is 480. The van der Waals surface area contributed by atoms with E-state index in [1.165, 1.54) is 5.56 Å². The van der Waals surface area contributed by atoms with Crippen LogP contribution >= 0.6 is 0 Å². The second kappa shape index (κ2) is 6.99. The molecule has 0 aromatic carbocycles. The molecule has 0 saturated heterocycles. The van der Waals surface area contributed by atoms with E-state index in [4.69, 9.17) is 0 Å². The molecule has 1 N–H and O–H groups in total.